The Morgan fingerprint density at radius 1 is 0.913 bits per heavy atom. The standard InChI is InChI=1S/C20H26O2Si/c1-20(2,3)23(18-10-6-4-7-11-18,19-12-8-5-9-13-19)22-16-17-14-21-15-17/h4-13,17H,14-16H2,1-3H3. The summed E-state index contributed by atoms with van der Waals surface area (Å²) in [5.74, 6) is 0.539. The molecule has 23 heavy (non-hydrogen) atoms. The summed E-state index contributed by atoms with van der Waals surface area (Å²) in [5.41, 5.74) is 0. The largest absolute Gasteiger partial charge is 0.407 e. The van der Waals surface area contributed by atoms with E-state index in [2.05, 4.69) is 81.4 Å². The molecule has 0 saturated carbocycles. The molecule has 3 rings (SSSR count). The molecule has 1 aliphatic heterocycles. The van der Waals surface area contributed by atoms with Gasteiger partial charge in [-0.15, -0.1) is 0 Å². The van der Waals surface area contributed by atoms with E-state index in [9.17, 15) is 0 Å². The molecular formula is C20H26O2Si. The molecule has 1 fully saturated rings. The number of benzene rings is 2. The highest BCUT2D eigenvalue weighted by Gasteiger charge is 2.50. The highest BCUT2D eigenvalue weighted by molar-refractivity contribution is 6.99. The summed E-state index contributed by atoms with van der Waals surface area (Å²) < 4.78 is 12.2. The molecule has 0 unspecified atom stereocenters. The van der Waals surface area contributed by atoms with Gasteiger partial charge in [-0.3, -0.25) is 0 Å². The number of hydrogen-bond acceptors (Lipinski definition) is 2. The molecule has 0 aromatic heterocycles. The molecule has 2 aromatic carbocycles. The van der Waals surface area contributed by atoms with E-state index in [1.807, 2.05) is 0 Å². The Bertz CT molecular complexity index is 576. The third-order valence-corrected chi connectivity index (χ3v) is 9.66. The van der Waals surface area contributed by atoms with Crippen molar-refractivity contribution in [2.45, 2.75) is 25.8 Å². The first-order chi connectivity index (χ1) is 11.0. The molecule has 1 saturated heterocycles. The van der Waals surface area contributed by atoms with E-state index in [1.54, 1.807) is 0 Å². The fourth-order valence-corrected chi connectivity index (χ4v) is 8.03. The Balaban J connectivity index is 2.08. The molecule has 3 heteroatoms. The van der Waals surface area contributed by atoms with E-state index in [-0.39, 0.29) is 5.04 Å². The van der Waals surface area contributed by atoms with Gasteiger partial charge in [0.15, 0.2) is 0 Å². The van der Waals surface area contributed by atoms with Crippen LogP contribution in [0.5, 0.6) is 0 Å². The quantitative estimate of drug-likeness (QED) is 0.786. The Morgan fingerprint density at radius 3 is 1.74 bits per heavy atom. The molecule has 0 aliphatic carbocycles. The van der Waals surface area contributed by atoms with Gasteiger partial charge in [0.1, 0.15) is 0 Å². The SMILES string of the molecule is CC(C)(C)[Si](OCC1COC1)(c1ccccc1)c1ccccc1. The summed E-state index contributed by atoms with van der Waals surface area (Å²) in [6.07, 6.45) is 0. The third kappa shape index (κ3) is 3.14. The highest BCUT2D eigenvalue weighted by atomic mass is 28.4. The second-order valence-corrected chi connectivity index (χ2v) is 11.7. The topological polar surface area (TPSA) is 18.5 Å². The lowest BCUT2D eigenvalue weighted by Gasteiger charge is -2.44. The normalized spacial score (nSPS) is 16.1. The van der Waals surface area contributed by atoms with Crippen LogP contribution in [0.3, 0.4) is 0 Å². The van der Waals surface area contributed by atoms with Crippen LogP contribution >= 0.6 is 0 Å². The van der Waals surface area contributed by atoms with Gasteiger partial charge in [-0.25, -0.2) is 0 Å². The van der Waals surface area contributed by atoms with E-state index < -0.39 is 8.32 Å². The molecule has 2 nitrogen and oxygen atoms in total. The summed E-state index contributed by atoms with van der Waals surface area (Å²) in [6.45, 7) is 9.40. The Kier molecular flexibility index (Phi) is 4.71. The second kappa shape index (κ2) is 6.60. The van der Waals surface area contributed by atoms with Gasteiger partial charge in [0.05, 0.1) is 13.2 Å². The van der Waals surface area contributed by atoms with Gasteiger partial charge >= 0.3 is 0 Å². The lowest BCUT2D eigenvalue weighted by molar-refractivity contribution is -0.0524. The van der Waals surface area contributed by atoms with Crippen molar-refractivity contribution in [3.05, 3.63) is 60.7 Å². The fraction of sp³-hybridized carbons (Fsp3) is 0.400. The number of rotatable bonds is 5. The predicted octanol–water partition coefficient (Wildman–Crippen LogP) is 3.21. The van der Waals surface area contributed by atoms with E-state index in [1.165, 1.54) is 10.4 Å². The lowest BCUT2D eigenvalue weighted by atomic mass is 10.1. The molecule has 0 radical (unpaired) electrons. The van der Waals surface area contributed by atoms with Gasteiger partial charge in [0.2, 0.25) is 0 Å². The first-order valence-corrected chi connectivity index (χ1v) is 10.3. The first kappa shape index (κ1) is 16.4. The van der Waals surface area contributed by atoms with Gasteiger partial charge in [-0.2, -0.15) is 0 Å². The van der Waals surface area contributed by atoms with E-state index >= 15 is 0 Å². The van der Waals surface area contributed by atoms with E-state index in [0.717, 1.165) is 19.8 Å². The Hall–Kier alpha value is -1.42. The molecule has 122 valence electrons. The zero-order chi connectivity index (χ0) is 16.3. The van der Waals surface area contributed by atoms with Gasteiger partial charge < -0.3 is 9.16 Å². The van der Waals surface area contributed by atoms with Gasteiger partial charge in [-0.1, -0.05) is 81.4 Å². The zero-order valence-corrected chi connectivity index (χ0v) is 15.3. The van der Waals surface area contributed by atoms with Crippen LogP contribution < -0.4 is 10.4 Å². The Morgan fingerprint density at radius 2 is 1.39 bits per heavy atom. The number of hydrogen-bond donors (Lipinski definition) is 0. The third-order valence-electron chi connectivity index (χ3n) is 4.66. The van der Waals surface area contributed by atoms with Crippen molar-refractivity contribution in [1.29, 1.82) is 0 Å². The highest BCUT2D eigenvalue weighted by Crippen LogP contribution is 2.37. The summed E-state index contributed by atoms with van der Waals surface area (Å²) in [5, 5.41) is 2.75. The van der Waals surface area contributed by atoms with Gasteiger partial charge in [0, 0.05) is 12.5 Å². The lowest BCUT2D eigenvalue weighted by Crippen LogP contribution is -2.67. The maximum atomic E-state index is 6.83. The van der Waals surface area contributed by atoms with Crippen molar-refractivity contribution in [2.75, 3.05) is 19.8 Å². The van der Waals surface area contributed by atoms with Crippen molar-refractivity contribution in [1.82, 2.24) is 0 Å². The second-order valence-electron chi connectivity index (χ2n) is 7.38. The molecule has 0 spiro atoms. The minimum Gasteiger partial charge on any atom is -0.407 e. The molecule has 1 aliphatic rings. The van der Waals surface area contributed by atoms with Crippen LogP contribution in [-0.4, -0.2) is 28.1 Å². The average molecular weight is 327 g/mol. The van der Waals surface area contributed by atoms with Crippen LogP contribution in [0.15, 0.2) is 60.7 Å². The molecule has 0 atom stereocenters. The molecule has 2 aromatic rings. The molecule has 0 bridgehead atoms. The summed E-state index contributed by atoms with van der Waals surface area (Å²) >= 11 is 0. The fourth-order valence-electron chi connectivity index (χ4n) is 3.39. The van der Waals surface area contributed by atoms with Crippen molar-refractivity contribution in [2.24, 2.45) is 5.92 Å². The van der Waals surface area contributed by atoms with E-state index in [4.69, 9.17) is 9.16 Å². The molecule has 0 amide bonds. The van der Waals surface area contributed by atoms with Crippen molar-refractivity contribution < 1.29 is 9.16 Å². The van der Waals surface area contributed by atoms with Crippen LogP contribution in [0.25, 0.3) is 0 Å². The molecular weight excluding hydrogens is 300 g/mol. The molecule has 1 heterocycles. The molecule has 0 N–H and O–H groups in total. The van der Waals surface area contributed by atoms with Crippen LogP contribution in [0, 0.1) is 5.92 Å². The maximum Gasteiger partial charge on any atom is 0.261 e. The van der Waals surface area contributed by atoms with Crippen LogP contribution in [-0.2, 0) is 9.16 Å². The minimum atomic E-state index is -2.35. The van der Waals surface area contributed by atoms with E-state index in [0.29, 0.717) is 5.92 Å². The van der Waals surface area contributed by atoms with Gasteiger partial charge in [-0.05, 0) is 15.4 Å². The summed E-state index contributed by atoms with van der Waals surface area (Å²) in [4.78, 5) is 0. The van der Waals surface area contributed by atoms with Crippen LogP contribution in [0.1, 0.15) is 20.8 Å². The van der Waals surface area contributed by atoms with Gasteiger partial charge in [0.25, 0.3) is 8.32 Å². The van der Waals surface area contributed by atoms with Crippen LogP contribution in [0.2, 0.25) is 5.04 Å². The summed E-state index contributed by atoms with van der Waals surface area (Å²) in [6, 6.07) is 21.6. The smallest absolute Gasteiger partial charge is 0.261 e. The number of ether oxygens (including phenoxy) is 1. The predicted molar refractivity (Wildman–Crippen MR) is 97.9 cm³/mol. The van der Waals surface area contributed by atoms with Crippen LogP contribution in [0.4, 0.5) is 0 Å². The monoisotopic (exact) mass is 326 g/mol. The Labute approximate surface area is 140 Å². The van der Waals surface area contributed by atoms with Crippen molar-refractivity contribution in [3.8, 4) is 0 Å². The minimum absolute atomic E-state index is 0.0559. The summed E-state index contributed by atoms with van der Waals surface area (Å²) in [7, 11) is -2.35. The zero-order valence-electron chi connectivity index (χ0n) is 14.3. The van der Waals surface area contributed by atoms with Crippen molar-refractivity contribution >= 4 is 18.7 Å². The maximum absolute atomic E-state index is 6.83. The first-order valence-electron chi connectivity index (χ1n) is 8.37. The van der Waals surface area contributed by atoms with Crippen molar-refractivity contribution in [3.63, 3.8) is 0 Å². The average Bonchev–Trinajstić information content (AvgIpc) is 2.50.